The van der Waals surface area contributed by atoms with Crippen LogP contribution >= 0.6 is 23.2 Å². The molecule has 0 aliphatic rings. The van der Waals surface area contributed by atoms with Gasteiger partial charge in [0.2, 0.25) is 0 Å². The van der Waals surface area contributed by atoms with E-state index in [0.29, 0.717) is 0 Å². The van der Waals surface area contributed by atoms with E-state index >= 15 is 0 Å². The van der Waals surface area contributed by atoms with Gasteiger partial charge in [-0.1, -0.05) is 0 Å². The second kappa shape index (κ2) is 8.82. The SMILES string of the molecule is CN(CCOC(=O)OCCN(C)C(=O)Cl)C(=O)Cl. The number of carbonyl (C=O) groups is 3. The lowest BCUT2D eigenvalue weighted by Gasteiger charge is -2.14. The predicted octanol–water partition coefficient (Wildman–Crippen LogP) is 1.72. The van der Waals surface area contributed by atoms with E-state index in [1.165, 1.54) is 23.9 Å². The normalized spacial score (nSPS) is 9.56. The summed E-state index contributed by atoms with van der Waals surface area (Å²) in [4.78, 5) is 34.6. The highest BCUT2D eigenvalue weighted by atomic mass is 35.5. The summed E-state index contributed by atoms with van der Waals surface area (Å²) in [5, 5.41) is -1.29. The molecule has 0 aromatic heterocycles. The van der Waals surface area contributed by atoms with Gasteiger partial charge in [-0.15, -0.1) is 0 Å². The topological polar surface area (TPSA) is 76.2 Å². The van der Waals surface area contributed by atoms with Crippen LogP contribution in [-0.4, -0.2) is 67.1 Å². The highest BCUT2D eigenvalue weighted by Crippen LogP contribution is 1.95. The molecule has 0 saturated heterocycles. The Labute approximate surface area is 114 Å². The molecule has 9 heteroatoms. The maximum Gasteiger partial charge on any atom is 0.508 e. The molecule has 0 aliphatic carbocycles. The molecule has 0 radical (unpaired) electrons. The van der Waals surface area contributed by atoms with E-state index in [0.717, 1.165) is 0 Å². The number of carbonyl (C=O) groups excluding carboxylic acids is 3. The van der Waals surface area contributed by atoms with Crippen LogP contribution in [0.25, 0.3) is 0 Å². The molecule has 0 fully saturated rings. The minimum Gasteiger partial charge on any atom is -0.432 e. The monoisotopic (exact) mass is 300 g/mol. The highest BCUT2D eigenvalue weighted by Gasteiger charge is 2.09. The minimum atomic E-state index is -0.888. The minimum absolute atomic E-state index is 0.0297. The zero-order valence-electron chi connectivity index (χ0n) is 10.0. The van der Waals surface area contributed by atoms with Gasteiger partial charge in [-0.05, 0) is 23.2 Å². The number of amides is 2. The Bertz CT molecular complexity index is 285. The molecule has 0 unspecified atom stereocenters. The van der Waals surface area contributed by atoms with Crippen molar-refractivity contribution in [3.05, 3.63) is 0 Å². The Hall–Kier alpha value is -1.21. The van der Waals surface area contributed by atoms with E-state index in [9.17, 15) is 14.4 Å². The maximum absolute atomic E-state index is 11.0. The molecular weight excluding hydrogens is 287 g/mol. The van der Waals surface area contributed by atoms with Gasteiger partial charge in [-0.2, -0.15) is 0 Å². The van der Waals surface area contributed by atoms with Gasteiger partial charge >= 0.3 is 16.9 Å². The average Bonchev–Trinajstić information content (AvgIpc) is 2.28. The number of halogens is 2. The molecule has 0 aliphatic heterocycles. The van der Waals surface area contributed by atoms with Crippen molar-refractivity contribution in [3.63, 3.8) is 0 Å². The van der Waals surface area contributed by atoms with Crippen LogP contribution in [-0.2, 0) is 9.47 Å². The third kappa shape index (κ3) is 7.97. The lowest BCUT2D eigenvalue weighted by atomic mass is 10.6. The molecule has 7 nitrogen and oxygen atoms in total. The van der Waals surface area contributed by atoms with E-state index < -0.39 is 16.9 Å². The van der Waals surface area contributed by atoms with Gasteiger partial charge < -0.3 is 19.3 Å². The van der Waals surface area contributed by atoms with Crippen LogP contribution in [0.1, 0.15) is 0 Å². The quantitative estimate of drug-likeness (QED) is 0.424. The van der Waals surface area contributed by atoms with E-state index in [-0.39, 0.29) is 26.3 Å². The van der Waals surface area contributed by atoms with Crippen LogP contribution in [0.4, 0.5) is 14.4 Å². The van der Waals surface area contributed by atoms with Crippen molar-refractivity contribution >= 4 is 40.1 Å². The fourth-order valence-electron chi connectivity index (χ4n) is 0.749. The summed E-state index contributed by atoms with van der Waals surface area (Å²) in [5.74, 6) is 0. The molecule has 18 heavy (non-hydrogen) atoms. The van der Waals surface area contributed by atoms with E-state index in [1.807, 2.05) is 0 Å². The molecule has 0 rings (SSSR count). The maximum atomic E-state index is 11.0. The summed E-state index contributed by atoms with van der Waals surface area (Å²) >= 11 is 10.3. The van der Waals surface area contributed by atoms with Crippen molar-refractivity contribution in [1.29, 1.82) is 0 Å². The van der Waals surface area contributed by atoms with Gasteiger partial charge in [0.1, 0.15) is 13.2 Å². The lowest BCUT2D eigenvalue weighted by Crippen LogP contribution is -2.28. The third-order valence-corrected chi connectivity index (χ3v) is 2.47. The number of ether oxygens (including phenoxy) is 2. The Morgan fingerprint density at radius 1 is 0.889 bits per heavy atom. The van der Waals surface area contributed by atoms with E-state index in [2.05, 4.69) is 9.47 Å². The van der Waals surface area contributed by atoms with Gasteiger partial charge in [-0.3, -0.25) is 9.59 Å². The average molecular weight is 301 g/mol. The molecule has 0 atom stereocenters. The van der Waals surface area contributed by atoms with Gasteiger partial charge in [0.15, 0.2) is 0 Å². The fourth-order valence-corrected chi connectivity index (χ4v) is 0.918. The molecule has 104 valence electrons. The number of hydrogen-bond donors (Lipinski definition) is 0. The van der Waals surface area contributed by atoms with Crippen molar-refractivity contribution in [1.82, 2.24) is 9.80 Å². The Kier molecular flexibility index (Phi) is 8.23. The van der Waals surface area contributed by atoms with Gasteiger partial charge in [0, 0.05) is 14.1 Å². The third-order valence-electron chi connectivity index (χ3n) is 1.89. The number of nitrogens with zero attached hydrogens (tertiary/aromatic N) is 2. The van der Waals surface area contributed by atoms with Crippen molar-refractivity contribution in [2.24, 2.45) is 0 Å². The predicted molar refractivity (Wildman–Crippen MR) is 65.1 cm³/mol. The first-order valence-electron chi connectivity index (χ1n) is 4.95. The van der Waals surface area contributed by atoms with Crippen LogP contribution in [0.3, 0.4) is 0 Å². The Balaban J connectivity index is 3.61. The van der Waals surface area contributed by atoms with Crippen LogP contribution in [0.15, 0.2) is 0 Å². The lowest BCUT2D eigenvalue weighted by molar-refractivity contribution is 0.0491. The summed E-state index contributed by atoms with van der Waals surface area (Å²) in [6.45, 7) is 0.269. The number of hydrogen-bond acceptors (Lipinski definition) is 5. The summed E-state index contributed by atoms with van der Waals surface area (Å²) in [6, 6.07) is 0. The molecule has 0 N–H and O–H groups in total. The Morgan fingerprint density at radius 3 is 1.50 bits per heavy atom. The molecule has 0 aromatic rings. The van der Waals surface area contributed by atoms with Crippen molar-refractivity contribution in [2.75, 3.05) is 40.4 Å². The smallest absolute Gasteiger partial charge is 0.432 e. The van der Waals surface area contributed by atoms with Crippen LogP contribution < -0.4 is 0 Å². The fraction of sp³-hybridized carbons (Fsp3) is 0.667. The number of rotatable bonds is 6. The molecule has 0 saturated carbocycles. The van der Waals surface area contributed by atoms with Crippen molar-refractivity contribution in [3.8, 4) is 0 Å². The standard InChI is InChI=1S/C9H14Cl2N2O5/c1-12(7(10)14)3-5-17-9(16)18-6-4-13(2)8(11)15/h3-6H2,1-2H3. The second-order valence-electron chi connectivity index (χ2n) is 3.30. The zero-order chi connectivity index (χ0) is 14.1. The van der Waals surface area contributed by atoms with Crippen LogP contribution in [0.2, 0.25) is 0 Å². The largest absolute Gasteiger partial charge is 0.508 e. The highest BCUT2D eigenvalue weighted by molar-refractivity contribution is 6.63. The van der Waals surface area contributed by atoms with Crippen molar-refractivity contribution < 1.29 is 23.9 Å². The molecule has 0 aromatic carbocycles. The van der Waals surface area contributed by atoms with E-state index in [1.54, 1.807) is 0 Å². The molecule has 0 heterocycles. The number of likely N-dealkylation sites (N-methyl/N-ethyl adjacent to an activating group) is 2. The first kappa shape index (κ1) is 16.8. The summed E-state index contributed by atoms with van der Waals surface area (Å²) in [6.07, 6.45) is -0.888. The Morgan fingerprint density at radius 2 is 1.22 bits per heavy atom. The van der Waals surface area contributed by atoms with Crippen LogP contribution in [0, 0.1) is 0 Å². The second-order valence-corrected chi connectivity index (χ2v) is 3.94. The first-order valence-corrected chi connectivity index (χ1v) is 5.71. The molecule has 2 amide bonds. The zero-order valence-corrected chi connectivity index (χ0v) is 11.5. The van der Waals surface area contributed by atoms with Gasteiger partial charge in [0.25, 0.3) is 0 Å². The van der Waals surface area contributed by atoms with E-state index in [4.69, 9.17) is 23.2 Å². The van der Waals surface area contributed by atoms with Crippen LogP contribution in [0.5, 0.6) is 0 Å². The first-order chi connectivity index (χ1) is 8.34. The summed E-state index contributed by atoms with van der Waals surface area (Å²) in [7, 11) is 2.93. The van der Waals surface area contributed by atoms with Gasteiger partial charge in [0.05, 0.1) is 13.1 Å². The van der Waals surface area contributed by atoms with Crippen molar-refractivity contribution in [2.45, 2.75) is 0 Å². The summed E-state index contributed by atoms with van der Waals surface area (Å²) in [5.41, 5.74) is 0. The molecule has 0 bridgehead atoms. The summed E-state index contributed by atoms with van der Waals surface area (Å²) < 4.78 is 9.31. The molecule has 0 spiro atoms. The van der Waals surface area contributed by atoms with Gasteiger partial charge in [-0.25, -0.2) is 4.79 Å². The molecular formula is C9H14Cl2N2O5.